The number of halogens is 1. The Bertz CT molecular complexity index is 878. The lowest BCUT2D eigenvalue weighted by molar-refractivity contribution is 0.0889. The first-order valence-corrected chi connectivity index (χ1v) is 11.1. The molecule has 0 spiro atoms. The Morgan fingerprint density at radius 1 is 0.800 bits per heavy atom. The number of carbonyl (C=O) groups is 2. The average Bonchev–Trinajstić information content (AvgIpc) is 2.79. The number of benzene rings is 2. The van der Waals surface area contributed by atoms with Crippen LogP contribution in [-0.4, -0.2) is 18.7 Å². The van der Waals surface area contributed by atoms with Crippen LogP contribution < -0.4 is 0 Å². The van der Waals surface area contributed by atoms with Crippen molar-refractivity contribution in [1.82, 2.24) is 0 Å². The summed E-state index contributed by atoms with van der Waals surface area (Å²) < 4.78 is 5.33. The van der Waals surface area contributed by atoms with Crippen molar-refractivity contribution in [3.8, 4) is 0 Å². The van der Waals surface area contributed by atoms with Gasteiger partial charge in [-0.15, -0.1) is 0 Å². The number of hydrogen-bond donors (Lipinski definition) is 0. The molecule has 2 aliphatic carbocycles. The Hall–Kier alpha value is -2.39. The van der Waals surface area contributed by atoms with Gasteiger partial charge in [0.05, 0.1) is 7.11 Å². The van der Waals surface area contributed by atoms with Gasteiger partial charge in [-0.05, 0) is 36.8 Å². The van der Waals surface area contributed by atoms with Crippen LogP contribution >= 0.6 is 11.6 Å². The van der Waals surface area contributed by atoms with E-state index in [4.69, 9.17) is 16.3 Å². The van der Waals surface area contributed by atoms with E-state index in [2.05, 4.69) is 6.92 Å². The zero-order chi connectivity index (χ0) is 22.1. The van der Waals surface area contributed by atoms with Crippen molar-refractivity contribution in [3.05, 3.63) is 82.1 Å². The molecular formula is C26H31ClO3. The van der Waals surface area contributed by atoms with E-state index in [1.165, 1.54) is 7.11 Å². The van der Waals surface area contributed by atoms with Gasteiger partial charge in [-0.1, -0.05) is 87.7 Å². The predicted molar refractivity (Wildman–Crippen MR) is 123 cm³/mol. The molecule has 0 atom stereocenters. The SMILES string of the molecule is CC.COC1=C(C2CCC(C)CC2)C(=O)c2ccccc2C1=O.Clc1ccccc1. The maximum atomic E-state index is 12.8. The predicted octanol–water partition coefficient (Wildman–Crippen LogP) is 7.16. The molecule has 0 N–H and O–H groups in total. The van der Waals surface area contributed by atoms with Gasteiger partial charge in [0.1, 0.15) is 0 Å². The van der Waals surface area contributed by atoms with Crippen molar-refractivity contribution in [3.63, 3.8) is 0 Å². The first-order valence-electron chi connectivity index (χ1n) is 10.7. The fourth-order valence-corrected chi connectivity index (χ4v) is 4.05. The maximum Gasteiger partial charge on any atom is 0.228 e. The van der Waals surface area contributed by atoms with Crippen LogP contribution in [0.25, 0.3) is 0 Å². The Balaban J connectivity index is 0.000000299. The molecule has 0 aromatic heterocycles. The number of allylic oxidation sites excluding steroid dienone is 2. The van der Waals surface area contributed by atoms with Gasteiger partial charge in [-0.2, -0.15) is 0 Å². The summed E-state index contributed by atoms with van der Waals surface area (Å²) in [4.78, 5) is 25.4. The van der Waals surface area contributed by atoms with E-state index in [-0.39, 0.29) is 23.2 Å². The lowest BCUT2D eigenvalue weighted by atomic mass is 9.74. The van der Waals surface area contributed by atoms with E-state index in [9.17, 15) is 9.59 Å². The number of carbonyl (C=O) groups excluding carboxylic acids is 2. The van der Waals surface area contributed by atoms with Gasteiger partial charge in [0, 0.05) is 21.7 Å². The summed E-state index contributed by atoms with van der Waals surface area (Å²) in [6, 6.07) is 16.5. The molecule has 1 saturated carbocycles. The average molecular weight is 427 g/mol. The molecule has 4 rings (SSSR count). The fraction of sp³-hybridized carbons (Fsp3) is 0.385. The number of rotatable bonds is 2. The summed E-state index contributed by atoms with van der Waals surface area (Å²) in [5.74, 6) is 0.941. The fourth-order valence-electron chi connectivity index (χ4n) is 3.91. The molecule has 0 unspecified atom stereocenters. The van der Waals surface area contributed by atoms with Crippen LogP contribution in [0.4, 0.5) is 0 Å². The molecule has 0 saturated heterocycles. The van der Waals surface area contributed by atoms with Gasteiger partial charge in [0.2, 0.25) is 5.78 Å². The van der Waals surface area contributed by atoms with E-state index >= 15 is 0 Å². The second-order valence-electron chi connectivity index (χ2n) is 7.40. The van der Waals surface area contributed by atoms with E-state index in [1.54, 1.807) is 18.2 Å². The van der Waals surface area contributed by atoms with Crippen molar-refractivity contribution in [2.75, 3.05) is 7.11 Å². The molecule has 4 heteroatoms. The third-order valence-corrected chi connectivity index (χ3v) is 5.73. The molecule has 160 valence electrons. The number of ether oxygens (including phenoxy) is 1. The van der Waals surface area contributed by atoms with Gasteiger partial charge >= 0.3 is 0 Å². The minimum Gasteiger partial charge on any atom is -0.492 e. The summed E-state index contributed by atoms with van der Waals surface area (Å²) in [5.41, 5.74) is 1.59. The highest BCUT2D eigenvalue weighted by Gasteiger charge is 2.37. The monoisotopic (exact) mass is 426 g/mol. The standard InChI is InChI=1S/C18H20O3.C6H5Cl.C2H6/c1-11-7-9-12(10-8-11)15-16(19)13-5-3-4-6-14(13)17(20)18(15)21-2;7-6-4-2-1-3-5-6;1-2/h3-6,11-12H,7-10H2,1-2H3;1-5H;1-2H3. The summed E-state index contributed by atoms with van der Waals surface area (Å²) in [7, 11) is 1.49. The number of fused-ring (bicyclic) bond motifs is 1. The minimum absolute atomic E-state index is 0.0263. The molecule has 0 bridgehead atoms. The third-order valence-electron chi connectivity index (χ3n) is 5.47. The number of ketones is 2. The molecule has 0 radical (unpaired) electrons. The van der Waals surface area contributed by atoms with Gasteiger partial charge in [-0.3, -0.25) is 9.59 Å². The molecule has 2 aromatic carbocycles. The smallest absolute Gasteiger partial charge is 0.228 e. The second kappa shape index (κ2) is 11.7. The molecule has 0 aliphatic heterocycles. The zero-order valence-electron chi connectivity index (χ0n) is 18.3. The van der Waals surface area contributed by atoms with E-state index < -0.39 is 0 Å². The maximum absolute atomic E-state index is 12.8. The van der Waals surface area contributed by atoms with Crippen molar-refractivity contribution in [1.29, 1.82) is 0 Å². The lowest BCUT2D eigenvalue weighted by Gasteiger charge is -2.30. The summed E-state index contributed by atoms with van der Waals surface area (Å²) in [6.45, 7) is 6.24. The summed E-state index contributed by atoms with van der Waals surface area (Å²) >= 11 is 5.54. The summed E-state index contributed by atoms with van der Waals surface area (Å²) in [5, 5.41) is 0.794. The number of hydrogen-bond acceptors (Lipinski definition) is 3. The van der Waals surface area contributed by atoms with E-state index in [0.29, 0.717) is 22.6 Å². The molecular weight excluding hydrogens is 396 g/mol. The third kappa shape index (κ3) is 5.60. The Labute approximate surface area is 185 Å². The highest BCUT2D eigenvalue weighted by Crippen LogP contribution is 2.39. The van der Waals surface area contributed by atoms with Crippen LogP contribution in [0.2, 0.25) is 5.02 Å². The highest BCUT2D eigenvalue weighted by atomic mass is 35.5. The lowest BCUT2D eigenvalue weighted by Crippen LogP contribution is -2.29. The molecule has 2 aliphatic rings. The van der Waals surface area contributed by atoms with Crippen molar-refractivity contribution < 1.29 is 14.3 Å². The van der Waals surface area contributed by atoms with Crippen LogP contribution in [0, 0.1) is 11.8 Å². The molecule has 30 heavy (non-hydrogen) atoms. The van der Waals surface area contributed by atoms with Crippen LogP contribution in [0.1, 0.15) is 67.2 Å². The van der Waals surface area contributed by atoms with Crippen molar-refractivity contribution in [2.24, 2.45) is 11.8 Å². The van der Waals surface area contributed by atoms with Crippen LogP contribution in [-0.2, 0) is 4.74 Å². The number of Topliss-reactive ketones (excluding diaryl/α,β-unsaturated/α-hetero) is 2. The normalized spacial score (nSPS) is 20.3. The molecule has 0 amide bonds. The molecule has 2 aromatic rings. The molecule has 3 nitrogen and oxygen atoms in total. The van der Waals surface area contributed by atoms with Crippen molar-refractivity contribution in [2.45, 2.75) is 46.5 Å². The van der Waals surface area contributed by atoms with Gasteiger partial charge < -0.3 is 4.74 Å². The van der Waals surface area contributed by atoms with Gasteiger partial charge in [0.25, 0.3) is 0 Å². The summed E-state index contributed by atoms with van der Waals surface area (Å²) in [6.07, 6.45) is 4.14. The second-order valence-corrected chi connectivity index (χ2v) is 7.84. The van der Waals surface area contributed by atoms with E-state index in [1.807, 2.05) is 50.2 Å². The van der Waals surface area contributed by atoms with Crippen LogP contribution in [0.15, 0.2) is 65.9 Å². The Morgan fingerprint density at radius 3 is 1.77 bits per heavy atom. The number of methoxy groups -OCH3 is 1. The first kappa shape index (κ1) is 23.9. The van der Waals surface area contributed by atoms with Gasteiger partial charge in [-0.25, -0.2) is 0 Å². The Morgan fingerprint density at radius 2 is 1.30 bits per heavy atom. The highest BCUT2D eigenvalue weighted by molar-refractivity contribution is 6.30. The molecule has 0 heterocycles. The van der Waals surface area contributed by atoms with Crippen molar-refractivity contribution >= 4 is 23.2 Å². The van der Waals surface area contributed by atoms with Crippen LogP contribution in [0.3, 0.4) is 0 Å². The Kier molecular flexibility index (Phi) is 9.32. The molecule has 1 fully saturated rings. The topological polar surface area (TPSA) is 43.4 Å². The zero-order valence-corrected chi connectivity index (χ0v) is 19.0. The van der Waals surface area contributed by atoms with Gasteiger partial charge in [0.15, 0.2) is 11.5 Å². The largest absolute Gasteiger partial charge is 0.492 e. The first-order chi connectivity index (χ1) is 14.5. The van der Waals surface area contributed by atoms with E-state index in [0.717, 1.165) is 30.7 Å². The van der Waals surface area contributed by atoms with Crippen LogP contribution in [0.5, 0.6) is 0 Å². The quantitative estimate of drug-likeness (QED) is 0.511. The minimum atomic E-state index is -0.152.